The van der Waals surface area contributed by atoms with Gasteiger partial charge in [0.1, 0.15) is 0 Å². The molecular formula is C25H25N3O6S. The average Bonchev–Trinajstić information content (AvgIpc) is 2.84. The summed E-state index contributed by atoms with van der Waals surface area (Å²) in [6.07, 6.45) is 1.35. The Hall–Kier alpha value is -4.02. The molecule has 0 radical (unpaired) electrons. The summed E-state index contributed by atoms with van der Waals surface area (Å²) in [6.45, 7) is 3.28. The lowest BCUT2D eigenvalue weighted by Gasteiger charge is -2.10. The molecule has 35 heavy (non-hydrogen) atoms. The van der Waals surface area contributed by atoms with E-state index in [1.807, 2.05) is 26.0 Å². The summed E-state index contributed by atoms with van der Waals surface area (Å²) in [4.78, 5) is 24.4. The van der Waals surface area contributed by atoms with Gasteiger partial charge in [0.2, 0.25) is 10.0 Å². The van der Waals surface area contributed by atoms with Crippen molar-refractivity contribution >= 4 is 28.1 Å². The van der Waals surface area contributed by atoms with Gasteiger partial charge in [-0.2, -0.15) is 5.10 Å². The van der Waals surface area contributed by atoms with E-state index in [4.69, 9.17) is 9.47 Å². The van der Waals surface area contributed by atoms with Gasteiger partial charge in [-0.1, -0.05) is 35.4 Å². The van der Waals surface area contributed by atoms with Gasteiger partial charge in [-0.15, -0.1) is 0 Å². The summed E-state index contributed by atoms with van der Waals surface area (Å²) >= 11 is 0. The zero-order valence-electron chi connectivity index (χ0n) is 19.4. The number of aryl methyl sites for hydroxylation is 2. The maximum atomic E-state index is 12.4. The lowest BCUT2D eigenvalue weighted by atomic mass is 10.1. The maximum absolute atomic E-state index is 12.4. The zero-order chi connectivity index (χ0) is 25.4. The number of ether oxygens (including phenoxy) is 2. The number of amides is 1. The Morgan fingerprint density at radius 2 is 1.54 bits per heavy atom. The first-order valence-corrected chi connectivity index (χ1v) is 12.0. The van der Waals surface area contributed by atoms with Crippen LogP contribution >= 0.6 is 0 Å². The van der Waals surface area contributed by atoms with Crippen LogP contribution in [0.15, 0.2) is 76.7 Å². The van der Waals surface area contributed by atoms with Crippen LogP contribution in [-0.2, 0) is 14.8 Å². The Morgan fingerprint density at radius 1 is 0.914 bits per heavy atom. The molecule has 0 saturated heterocycles. The van der Waals surface area contributed by atoms with Crippen molar-refractivity contribution in [3.8, 4) is 11.5 Å². The average molecular weight is 496 g/mol. The Morgan fingerprint density at radius 3 is 2.17 bits per heavy atom. The number of hydrogen-bond acceptors (Lipinski definition) is 7. The molecule has 2 N–H and O–H groups in total. The van der Waals surface area contributed by atoms with Gasteiger partial charge in [0.05, 0.1) is 30.3 Å². The van der Waals surface area contributed by atoms with E-state index in [1.54, 1.807) is 42.5 Å². The second-order valence-electron chi connectivity index (χ2n) is 7.60. The smallest absolute Gasteiger partial charge is 0.343 e. The third-order valence-electron chi connectivity index (χ3n) is 4.83. The van der Waals surface area contributed by atoms with Crippen LogP contribution in [0.2, 0.25) is 0 Å². The predicted octanol–water partition coefficient (Wildman–Crippen LogP) is 2.96. The van der Waals surface area contributed by atoms with Gasteiger partial charge in [0, 0.05) is 0 Å². The first-order valence-electron chi connectivity index (χ1n) is 10.5. The number of sulfonamides is 1. The maximum Gasteiger partial charge on any atom is 0.343 e. The normalized spacial score (nSPS) is 11.3. The molecular weight excluding hydrogens is 470 g/mol. The molecule has 9 nitrogen and oxygen atoms in total. The molecule has 3 rings (SSSR count). The highest BCUT2D eigenvalue weighted by Gasteiger charge is 2.15. The minimum absolute atomic E-state index is 0.0645. The molecule has 10 heteroatoms. The molecule has 3 aromatic carbocycles. The van der Waals surface area contributed by atoms with Crippen LogP contribution in [0.1, 0.15) is 27.0 Å². The minimum atomic E-state index is -3.82. The first kappa shape index (κ1) is 25.6. The van der Waals surface area contributed by atoms with Crippen molar-refractivity contribution in [3.63, 3.8) is 0 Å². The number of esters is 1. The number of nitrogens with one attached hydrogen (secondary N) is 2. The number of benzene rings is 3. The van der Waals surface area contributed by atoms with Crippen molar-refractivity contribution in [2.24, 2.45) is 5.10 Å². The van der Waals surface area contributed by atoms with Crippen molar-refractivity contribution in [2.45, 2.75) is 18.7 Å². The van der Waals surface area contributed by atoms with E-state index in [0.29, 0.717) is 16.9 Å². The summed E-state index contributed by atoms with van der Waals surface area (Å²) in [5, 5.41) is 3.83. The highest BCUT2D eigenvalue weighted by molar-refractivity contribution is 7.89. The lowest BCUT2D eigenvalue weighted by Crippen LogP contribution is -2.34. The molecule has 0 bridgehead atoms. The van der Waals surface area contributed by atoms with E-state index in [0.717, 1.165) is 11.1 Å². The SMILES string of the molecule is COc1cc(/C=N\NC(=O)CNS(=O)(=O)c2ccc(C)cc2)ccc1OC(=O)c1ccc(C)cc1. The van der Waals surface area contributed by atoms with E-state index in [-0.39, 0.29) is 10.6 Å². The molecule has 1 amide bonds. The molecule has 0 unspecified atom stereocenters. The Balaban J connectivity index is 1.56. The third kappa shape index (κ3) is 7.23. The second kappa shape index (κ2) is 11.4. The lowest BCUT2D eigenvalue weighted by molar-refractivity contribution is -0.119. The quantitative estimate of drug-likeness (QED) is 0.204. The third-order valence-corrected chi connectivity index (χ3v) is 6.25. The first-order chi connectivity index (χ1) is 16.7. The second-order valence-corrected chi connectivity index (χ2v) is 9.36. The van der Waals surface area contributed by atoms with Gasteiger partial charge in [-0.05, 0) is 61.9 Å². The van der Waals surface area contributed by atoms with E-state index in [9.17, 15) is 18.0 Å². The summed E-state index contributed by atoms with van der Waals surface area (Å²) < 4.78 is 37.4. The molecule has 182 valence electrons. The van der Waals surface area contributed by atoms with Crippen LogP contribution in [0, 0.1) is 13.8 Å². The molecule has 0 aliphatic carbocycles. The minimum Gasteiger partial charge on any atom is -0.493 e. The van der Waals surface area contributed by atoms with Crippen molar-refractivity contribution in [1.29, 1.82) is 0 Å². The molecule has 0 heterocycles. The van der Waals surface area contributed by atoms with E-state index < -0.39 is 28.4 Å². The van der Waals surface area contributed by atoms with Gasteiger partial charge in [-0.3, -0.25) is 4.79 Å². The number of methoxy groups -OCH3 is 1. The summed E-state index contributed by atoms with van der Waals surface area (Å²) in [5.74, 6) is -0.644. The molecule has 0 fully saturated rings. The molecule has 0 aromatic heterocycles. The molecule has 0 aliphatic heterocycles. The topological polar surface area (TPSA) is 123 Å². The predicted molar refractivity (Wildman–Crippen MR) is 131 cm³/mol. The highest BCUT2D eigenvalue weighted by atomic mass is 32.2. The molecule has 0 atom stereocenters. The molecule has 0 saturated carbocycles. The van der Waals surface area contributed by atoms with Gasteiger partial charge >= 0.3 is 5.97 Å². The fourth-order valence-corrected chi connectivity index (χ4v) is 3.86. The number of hydrazone groups is 1. The van der Waals surface area contributed by atoms with Gasteiger partial charge in [0.15, 0.2) is 11.5 Å². The van der Waals surface area contributed by atoms with Crippen molar-refractivity contribution in [1.82, 2.24) is 10.1 Å². The van der Waals surface area contributed by atoms with E-state index in [2.05, 4.69) is 15.2 Å². The van der Waals surface area contributed by atoms with Crippen LogP contribution in [0.4, 0.5) is 0 Å². The number of carbonyl (C=O) groups excluding carboxylic acids is 2. The number of hydrogen-bond donors (Lipinski definition) is 2. The zero-order valence-corrected chi connectivity index (χ0v) is 20.3. The fraction of sp³-hybridized carbons (Fsp3) is 0.160. The van der Waals surface area contributed by atoms with E-state index in [1.165, 1.54) is 25.5 Å². The Kier molecular flexibility index (Phi) is 8.34. The Labute approximate surface area is 203 Å². The van der Waals surface area contributed by atoms with Crippen LogP contribution in [-0.4, -0.2) is 40.2 Å². The standard InChI is InChI=1S/C25H25N3O6S/c1-17-4-9-20(10-5-17)25(30)34-22-13-8-19(14-23(22)33-3)15-26-28-24(29)16-27-35(31,32)21-11-6-18(2)7-12-21/h4-15,27H,16H2,1-3H3,(H,28,29)/b26-15-. The number of carbonyl (C=O) groups is 2. The van der Waals surface area contributed by atoms with Crippen molar-refractivity contribution in [3.05, 3.63) is 89.0 Å². The van der Waals surface area contributed by atoms with Gasteiger partial charge in [0.25, 0.3) is 5.91 Å². The highest BCUT2D eigenvalue weighted by Crippen LogP contribution is 2.28. The summed E-state index contributed by atoms with van der Waals surface area (Å²) in [7, 11) is -2.38. The van der Waals surface area contributed by atoms with Gasteiger partial charge < -0.3 is 9.47 Å². The van der Waals surface area contributed by atoms with Crippen molar-refractivity contribution < 1.29 is 27.5 Å². The molecule has 3 aromatic rings. The van der Waals surface area contributed by atoms with Crippen LogP contribution in [0.5, 0.6) is 11.5 Å². The van der Waals surface area contributed by atoms with Crippen LogP contribution in [0.25, 0.3) is 0 Å². The largest absolute Gasteiger partial charge is 0.493 e. The number of nitrogens with zero attached hydrogens (tertiary/aromatic N) is 1. The monoisotopic (exact) mass is 495 g/mol. The van der Waals surface area contributed by atoms with Crippen LogP contribution in [0.3, 0.4) is 0 Å². The molecule has 0 aliphatic rings. The summed E-state index contributed by atoms with van der Waals surface area (Å²) in [6, 6.07) is 18.0. The van der Waals surface area contributed by atoms with Crippen molar-refractivity contribution in [2.75, 3.05) is 13.7 Å². The van der Waals surface area contributed by atoms with Gasteiger partial charge in [-0.25, -0.2) is 23.4 Å². The Bertz CT molecular complexity index is 1330. The number of rotatable bonds is 9. The molecule has 0 spiro atoms. The summed E-state index contributed by atoms with van der Waals surface area (Å²) in [5.41, 5.74) is 5.16. The van der Waals surface area contributed by atoms with Crippen LogP contribution < -0.4 is 19.6 Å². The fourth-order valence-electron chi connectivity index (χ4n) is 2.88. The van der Waals surface area contributed by atoms with E-state index >= 15 is 0 Å².